The van der Waals surface area contributed by atoms with Gasteiger partial charge in [-0.05, 0) is 12.1 Å². The molecule has 0 spiro atoms. The minimum atomic E-state index is -1.83. The van der Waals surface area contributed by atoms with Gasteiger partial charge in [0.15, 0.2) is 24.1 Å². The number of hydrogen-bond acceptors (Lipinski definition) is 18. The number of aliphatic hydroxyl groups is 10. The molecule has 1 aromatic carbocycles. The SMILES string of the molecule is COc1cc(O[C@@H]2O[C@H](CO[C@@H]3O[C@H](CO[C@@H]4O[C@H](CO)[C@@H](O)[C@H](O)[C@H]4O)[C@@H](O)[C@H](O)[C@H]3O)[C@@H](O)[C@H](O)[C@H]2O)ccc1O. The van der Waals surface area contributed by atoms with Crippen molar-refractivity contribution in [1.82, 2.24) is 0 Å². The second-order valence-corrected chi connectivity index (χ2v) is 10.3. The van der Waals surface area contributed by atoms with E-state index in [4.69, 9.17) is 33.2 Å². The summed E-state index contributed by atoms with van der Waals surface area (Å²) in [6, 6.07) is 3.89. The number of phenolic OH excluding ortho intramolecular Hbond substituents is 1. The second kappa shape index (κ2) is 14.4. The largest absolute Gasteiger partial charge is 0.504 e. The van der Waals surface area contributed by atoms with Crippen molar-refractivity contribution in [3.63, 3.8) is 0 Å². The van der Waals surface area contributed by atoms with Crippen LogP contribution in [-0.4, -0.2) is 175 Å². The first-order chi connectivity index (χ1) is 20.4. The first-order valence-corrected chi connectivity index (χ1v) is 13.3. The van der Waals surface area contributed by atoms with Crippen LogP contribution in [0.4, 0.5) is 0 Å². The maximum absolute atomic E-state index is 10.5. The average Bonchev–Trinajstić information content (AvgIpc) is 3.00. The molecule has 246 valence electrons. The molecule has 0 saturated carbocycles. The number of methoxy groups -OCH3 is 1. The monoisotopic (exact) mass is 626 g/mol. The molecule has 0 aromatic heterocycles. The Labute approximate surface area is 244 Å². The average molecular weight is 627 g/mol. The van der Waals surface area contributed by atoms with E-state index in [0.29, 0.717) is 0 Å². The zero-order chi connectivity index (χ0) is 31.6. The van der Waals surface area contributed by atoms with Crippen LogP contribution in [0.3, 0.4) is 0 Å². The zero-order valence-electron chi connectivity index (χ0n) is 22.8. The molecule has 3 aliphatic rings. The quantitative estimate of drug-likeness (QED) is 0.115. The van der Waals surface area contributed by atoms with Crippen LogP contribution >= 0.6 is 0 Å². The smallest absolute Gasteiger partial charge is 0.229 e. The maximum atomic E-state index is 10.5. The predicted octanol–water partition coefficient (Wildman–Crippen LogP) is -5.77. The Balaban J connectivity index is 1.37. The van der Waals surface area contributed by atoms with Crippen LogP contribution in [0.5, 0.6) is 17.2 Å². The lowest BCUT2D eigenvalue weighted by Crippen LogP contribution is -2.63. The lowest BCUT2D eigenvalue weighted by Gasteiger charge is -2.43. The predicted molar refractivity (Wildman–Crippen MR) is 134 cm³/mol. The highest BCUT2D eigenvalue weighted by Gasteiger charge is 2.49. The lowest BCUT2D eigenvalue weighted by molar-refractivity contribution is -0.339. The van der Waals surface area contributed by atoms with E-state index in [1.165, 1.54) is 25.3 Å². The highest BCUT2D eigenvalue weighted by Crippen LogP contribution is 2.33. The Morgan fingerprint density at radius 2 is 1.05 bits per heavy atom. The fraction of sp³-hybridized carbons (Fsp3) is 0.760. The van der Waals surface area contributed by atoms with E-state index in [1.54, 1.807) is 0 Å². The van der Waals surface area contributed by atoms with Gasteiger partial charge in [-0.2, -0.15) is 0 Å². The molecule has 4 rings (SSSR count). The fourth-order valence-corrected chi connectivity index (χ4v) is 4.79. The fourth-order valence-electron chi connectivity index (χ4n) is 4.79. The van der Waals surface area contributed by atoms with Crippen LogP contribution in [0.15, 0.2) is 18.2 Å². The molecule has 0 bridgehead atoms. The van der Waals surface area contributed by atoms with Crippen molar-refractivity contribution in [2.75, 3.05) is 26.9 Å². The van der Waals surface area contributed by atoms with E-state index >= 15 is 0 Å². The van der Waals surface area contributed by atoms with Crippen molar-refractivity contribution in [2.45, 2.75) is 92.1 Å². The molecule has 11 N–H and O–H groups in total. The van der Waals surface area contributed by atoms with Crippen molar-refractivity contribution in [1.29, 1.82) is 0 Å². The topological polar surface area (TPSA) is 287 Å². The van der Waals surface area contributed by atoms with Gasteiger partial charge in [0.2, 0.25) is 6.29 Å². The molecule has 3 fully saturated rings. The number of aromatic hydroxyl groups is 1. The van der Waals surface area contributed by atoms with Crippen LogP contribution in [0, 0.1) is 0 Å². The number of phenols is 1. The van der Waals surface area contributed by atoms with E-state index in [1.807, 2.05) is 0 Å². The molecule has 3 aliphatic heterocycles. The summed E-state index contributed by atoms with van der Waals surface area (Å²) in [4.78, 5) is 0. The van der Waals surface area contributed by atoms with Crippen LogP contribution in [-0.2, 0) is 23.7 Å². The molecule has 18 nitrogen and oxygen atoms in total. The Morgan fingerprint density at radius 1 is 0.605 bits per heavy atom. The Kier molecular flexibility index (Phi) is 11.4. The third-order valence-electron chi connectivity index (χ3n) is 7.44. The highest BCUT2D eigenvalue weighted by atomic mass is 16.7. The second-order valence-electron chi connectivity index (χ2n) is 10.3. The summed E-state index contributed by atoms with van der Waals surface area (Å²) in [5.41, 5.74) is 0. The van der Waals surface area contributed by atoms with Gasteiger partial charge in [-0.3, -0.25) is 0 Å². The van der Waals surface area contributed by atoms with Crippen molar-refractivity contribution in [3.05, 3.63) is 18.2 Å². The van der Waals surface area contributed by atoms with E-state index in [-0.39, 0.29) is 17.2 Å². The Hall–Kier alpha value is -1.98. The minimum absolute atomic E-state index is 0.0533. The van der Waals surface area contributed by atoms with Crippen LogP contribution in [0.1, 0.15) is 0 Å². The van der Waals surface area contributed by atoms with Gasteiger partial charge < -0.3 is 89.3 Å². The van der Waals surface area contributed by atoms with Gasteiger partial charge in [0, 0.05) is 6.07 Å². The summed E-state index contributed by atoms with van der Waals surface area (Å²) in [7, 11) is 1.31. The van der Waals surface area contributed by atoms with Crippen LogP contribution < -0.4 is 9.47 Å². The number of hydrogen-bond donors (Lipinski definition) is 11. The summed E-state index contributed by atoms with van der Waals surface area (Å²) in [6.07, 6.45) is -24.4. The molecule has 15 atom stereocenters. The summed E-state index contributed by atoms with van der Waals surface area (Å²) >= 11 is 0. The van der Waals surface area contributed by atoms with Gasteiger partial charge in [0.25, 0.3) is 0 Å². The Bertz CT molecular complexity index is 1030. The lowest BCUT2D eigenvalue weighted by atomic mass is 9.98. The summed E-state index contributed by atoms with van der Waals surface area (Å²) < 4.78 is 37.7. The molecule has 0 radical (unpaired) electrons. The molecule has 0 amide bonds. The Morgan fingerprint density at radius 3 is 1.53 bits per heavy atom. The molecule has 0 aliphatic carbocycles. The van der Waals surface area contributed by atoms with Crippen molar-refractivity contribution in [2.24, 2.45) is 0 Å². The van der Waals surface area contributed by atoms with Gasteiger partial charge in [-0.15, -0.1) is 0 Å². The minimum Gasteiger partial charge on any atom is -0.504 e. The number of rotatable bonds is 10. The molecule has 18 heteroatoms. The van der Waals surface area contributed by atoms with E-state index in [9.17, 15) is 56.2 Å². The molecule has 3 heterocycles. The van der Waals surface area contributed by atoms with Crippen LogP contribution in [0.2, 0.25) is 0 Å². The molecule has 1 aromatic rings. The molecular weight excluding hydrogens is 588 g/mol. The molecule has 3 saturated heterocycles. The third-order valence-corrected chi connectivity index (χ3v) is 7.44. The van der Waals surface area contributed by atoms with E-state index in [0.717, 1.165) is 0 Å². The number of benzene rings is 1. The van der Waals surface area contributed by atoms with Gasteiger partial charge in [0.05, 0.1) is 26.9 Å². The molecular formula is C25H38O18. The number of aliphatic hydroxyl groups excluding tert-OH is 10. The molecule has 0 unspecified atom stereocenters. The molecule has 43 heavy (non-hydrogen) atoms. The van der Waals surface area contributed by atoms with Gasteiger partial charge in [-0.1, -0.05) is 0 Å². The van der Waals surface area contributed by atoms with Gasteiger partial charge in [0.1, 0.15) is 79.0 Å². The van der Waals surface area contributed by atoms with E-state index < -0.39 is 112 Å². The van der Waals surface area contributed by atoms with Gasteiger partial charge in [-0.25, -0.2) is 0 Å². The first kappa shape index (κ1) is 33.9. The summed E-state index contributed by atoms with van der Waals surface area (Å²) in [5, 5.41) is 111. The first-order valence-electron chi connectivity index (χ1n) is 13.3. The van der Waals surface area contributed by atoms with E-state index in [2.05, 4.69) is 0 Å². The van der Waals surface area contributed by atoms with Crippen molar-refractivity contribution < 1.29 is 89.3 Å². The van der Waals surface area contributed by atoms with Gasteiger partial charge >= 0.3 is 0 Å². The summed E-state index contributed by atoms with van der Waals surface area (Å²) in [5.74, 6) is -0.0539. The number of ether oxygens (including phenoxy) is 7. The highest BCUT2D eigenvalue weighted by molar-refractivity contribution is 5.44. The van der Waals surface area contributed by atoms with Crippen LogP contribution in [0.25, 0.3) is 0 Å². The third kappa shape index (κ3) is 7.30. The summed E-state index contributed by atoms with van der Waals surface area (Å²) in [6.45, 7) is -1.88. The zero-order valence-corrected chi connectivity index (χ0v) is 22.8. The maximum Gasteiger partial charge on any atom is 0.229 e. The van der Waals surface area contributed by atoms with Crippen molar-refractivity contribution in [3.8, 4) is 17.2 Å². The van der Waals surface area contributed by atoms with Crippen molar-refractivity contribution >= 4 is 0 Å². The normalized spacial score (nSPS) is 43.7. The standard InChI is InChI=1S/C25H38O18/c1-37-10-4-8(2-3-9(10)27)40-25-22(36)19(33)16(30)13(43-25)7-39-24-21(35)18(32)15(29)12(42-24)6-38-23-20(34)17(31)14(28)11(5-26)41-23/h2-4,11-36H,5-7H2,1H3/t11-,12-,13-,14-,15-,16-,17+,18+,19+,20-,21-,22-,23-,24-,25-/m1/s1.